The SMILES string of the molecule is C#Cc1cccc(N=S=O)c1COc1ccn(C)n1. The van der Waals surface area contributed by atoms with Crippen molar-refractivity contribution in [3.8, 4) is 18.2 Å². The molecule has 0 atom stereocenters. The summed E-state index contributed by atoms with van der Waals surface area (Å²) >= 11 is 0.145. The average molecular weight is 273 g/mol. The van der Waals surface area contributed by atoms with E-state index >= 15 is 0 Å². The van der Waals surface area contributed by atoms with Crippen LogP contribution in [0.15, 0.2) is 34.8 Å². The Hall–Kier alpha value is -2.39. The molecule has 0 aliphatic heterocycles. The Morgan fingerprint density at radius 3 is 3.00 bits per heavy atom. The second-order valence-electron chi connectivity index (χ2n) is 3.73. The van der Waals surface area contributed by atoms with Crippen molar-refractivity contribution in [1.29, 1.82) is 0 Å². The molecule has 0 bridgehead atoms. The summed E-state index contributed by atoms with van der Waals surface area (Å²) in [6, 6.07) is 7.01. The fourth-order valence-corrected chi connectivity index (χ4v) is 1.86. The van der Waals surface area contributed by atoms with Crippen molar-refractivity contribution in [3.63, 3.8) is 0 Å². The summed E-state index contributed by atoms with van der Waals surface area (Å²) in [5, 5.41) is 4.10. The molecular formula is C13H11N3O2S. The van der Waals surface area contributed by atoms with Crippen molar-refractivity contribution in [1.82, 2.24) is 9.78 Å². The van der Waals surface area contributed by atoms with E-state index in [4.69, 9.17) is 11.2 Å². The first-order chi connectivity index (χ1) is 9.24. The molecule has 0 saturated carbocycles. The van der Waals surface area contributed by atoms with E-state index in [2.05, 4.69) is 15.4 Å². The largest absolute Gasteiger partial charge is 0.472 e. The third-order valence-electron chi connectivity index (χ3n) is 2.50. The van der Waals surface area contributed by atoms with Crippen LogP contribution in [0.25, 0.3) is 0 Å². The van der Waals surface area contributed by atoms with Crippen molar-refractivity contribution in [3.05, 3.63) is 41.6 Å². The molecule has 0 spiro atoms. The lowest BCUT2D eigenvalue weighted by Crippen LogP contribution is -2.00. The number of aromatic nitrogens is 2. The van der Waals surface area contributed by atoms with E-state index in [9.17, 15) is 4.21 Å². The minimum atomic E-state index is 0.145. The van der Waals surface area contributed by atoms with Crippen LogP contribution in [0.5, 0.6) is 5.88 Å². The highest BCUT2D eigenvalue weighted by atomic mass is 32.1. The maximum absolute atomic E-state index is 10.6. The van der Waals surface area contributed by atoms with Gasteiger partial charge in [-0.3, -0.25) is 4.68 Å². The van der Waals surface area contributed by atoms with Gasteiger partial charge in [0, 0.05) is 30.4 Å². The van der Waals surface area contributed by atoms with Crippen molar-refractivity contribution in [2.24, 2.45) is 11.4 Å². The number of terminal acetylenes is 1. The van der Waals surface area contributed by atoms with Crippen LogP contribution in [0.2, 0.25) is 0 Å². The molecule has 0 saturated heterocycles. The molecule has 1 heterocycles. The van der Waals surface area contributed by atoms with Crippen LogP contribution in [0.4, 0.5) is 5.69 Å². The lowest BCUT2D eigenvalue weighted by Gasteiger charge is -2.08. The Morgan fingerprint density at radius 1 is 1.53 bits per heavy atom. The molecule has 0 aliphatic carbocycles. The summed E-state index contributed by atoms with van der Waals surface area (Å²) in [6.07, 6.45) is 7.22. The Bertz CT molecular complexity index is 681. The highest BCUT2D eigenvalue weighted by molar-refractivity contribution is 7.54. The van der Waals surface area contributed by atoms with Crippen LogP contribution in [-0.4, -0.2) is 14.0 Å². The van der Waals surface area contributed by atoms with Crippen LogP contribution >= 0.6 is 0 Å². The summed E-state index contributed by atoms with van der Waals surface area (Å²) in [5.74, 6) is 3.05. The van der Waals surface area contributed by atoms with E-state index in [0.717, 1.165) is 0 Å². The molecule has 96 valence electrons. The quantitative estimate of drug-likeness (QED) is 0.801. The lowest BCUT2D eigenvalue weighted by atomic mass is 10.1. The summed E-state index contributed by atoms with van der Waals surface area (Å²) in [7, 11) is 1.80. The fourth-order valence-electron chi connectivity index (χ4n) is 1.60. The highest BCUT2D eigenvalue weighted by Gasteiger charge is 2.08. The average Bonchev–Trinajstić information content (AvgIpc) is 2.83. The Kier molecular flexibility index (Phi) is 4.11. The number of benzene rings is 1. The summed E-state index contributed by atoms with van der Waals surface area (Å²) in [6.45, 7) is 0.219. The van der Waals surface area contributed by atoms with Gasteiger partial charge in [0.15, 0.2) is 0 Å². The Balaban J connectivity index is 2.27. The number of ether oxygens (including phenoxy) is 1. The predicted molar refractivity (Wildman–Crippen MR) is 72.1 cm³/mol. The molecule has 0 radical (unpaired) electrons. The molecule has 1 aromatic heterocycles. The van der Waals surface area contributed by atoms with E-state index in [1.807, 2.05) is 0 Å². The number of nitrogens with zero attached hydrogens (tertiary/aromatic N) is 3. The summed E-state index contributed by atoms with van der Waals surface area (Å²) in [4.78, 5) is 0. The van der Waals surface area contributed by atoms with Crippen LogP contribution in [-0.2, 0) is 25.1 Å². The van der Waals surface area contributed by atoms with Crippen molar-refractivity contribution < 1.29 is 8.95 Å². The Labute approximate surface area is 114 Å². The van der Waals surface area contributed by atoms with Gasteiger partial charge in [0.05, 0.1) is 5.69 Å². The van der Waals surface area contributed by atoms with E-state index in [0.29, 0.717) is 22.7 Å². The molecule has 0 amide bonds. The minimum absolute atomic E-state index is 0.145. The van der Waals surface area contributed by atoms with E-state index in [-0.39, 0.29) is 18.1 Å². The standard InChI is InChI=1S/C13H11N3O2S/c1-3-10-5-4-6-12(15-19-17)11(10)9-18-13-7-8-16(2)14-13/h1,4-8H,9H2,2H3. The lowest BCUT2D eigenvalue weighted by molar-refractivity contribution is 0.291. The number of rotatable bonds is 4. The summed E-state index contributed by atoms with van der Waals surface area (Å²) in [5.41, 5.74) is 1.90. The number of aryl methyl sites for hydroxylation is 1. The molecule has 5 nitrogen and oxygen atoms in total. The maximum atomic E-state index is 10.6. The highest BCUT2D eigenvalue weighted by Crippen LogP contribution is 2.23. The molecule has 19 heavy (non-hydrogen) atoms. The van der Waals surface area contributed by atoms with Crippen LogP contribution in [0.1, 0.15) is 11.1 Å². The van der Waals surface area contributed by atoms with Gasteiger partial charge in [-0.15, -0.1) is 11.5 Å². The van der Waals surface area contributed by atoms with Gasteiger partial charge < -0.3 is 4.74 Å². The van der Waals surface area contributed by atoms with Gasteiger partial charge in [0.2, 0.25) is 17.3 Å². The zero-order valence-corrected chi connectivity index (χ0v) is 11.1. The molecule has 0 fully saturated rings. The van der Waals surface area contributed by atoms with E-state index in [1.54, 1.807) is 42.2 Å². The molecule has 1 aromatic carbocycles. The van der Waals surface area contributed by atoms with Crippen molar-refractivity contribution in [2.45, 2.75) is 6.61 Å². The summed E-state index contributed by atoms with van der Waals surface area (Å²) < 4.78 is 21.5. The monoisotopic (exact) mass is 273 g/mol. The first-order valence-corrected chi connectivity index (χ1v) is 6.15. The third kappa shape index (κ3) is 3.09. The maximum Gasteiger partial charge on any atom is 0.233 e. The first kappa shape index (κ1) is 13.1. The van der Waals surface area contributed by atoms with Crippen LogP contribution in [0.3, 0.4) is 0 Å². The van der Waals surface area contributed by atoms with Gasteiger partial charge in [-0.2, -0.15) is 8.57 Å². The van der Waals surface area contributed by atoms with Gasteiger partial charge in [-0.1, -0.05) is 12.0 Å². The molecule has 0 N–H and O–H groups in total. The van der Waals surface area contributed by atoms with E-state index in [1.165, 1.54) is 0 Å². The number of hydrogen-bond acceptors (Lipinski definition) is 4. The topological polar surface area (TPSA) is 56.5 Å². The van der Waals surface area contributed by atoms with Gasteiger partial charge in [-0.25, -0.2) is 0 Å². The predicted octanol–water partition coefficient (Wildman–Crippen LogP) is 2.01. The Morgan fingerprint density at radius 2 is 2.37 bits per heavy atom. The minimum Gasteiger partial charge on any atom is -0.472 e. The molecule has 2 aromatic rings. The van der Waals surface area contributed by atoms with E-state index < -0.39 is 0 Å². The third-order valence-corrected chi connectivity index (χ3v) is 2.77. The van der Waals surface area contributed by atoms with Gasteiger partial charge in [0.1, 0.15) is 6.61 Å². The molecule has 6 heteroatoms. The molecule has 2 rings (SSSR count). The van der Waals surface area contributed by atoms with Crippen molar-refractivity contribution in [2.75, 3.05) is 0 Å². The fraction of sp³-hybridized carbons (Fsp3) is 0.154. The molecular weight excluding hydrogens is 262 g/mol. The smallest absolute Gasteiger partial charge is 0.233 e. The second kappa shape index (κ2) is 5.98. The molecule has 0 unspecified atom stereocenters. The van der Waals surface area contributed by atoms with Crippen LogP contribution < -0.4 is 4.74 Å². The number of hydrogen-bond donors (Lipinski definition) is 0. The zero-order chi connectivity index (χ0) is 13.7. The normalized spacial score (nSPS) is 9.68. The van der Waals surface area contributed by atoms with Crippen LogP contribution in [0, 0.1) is 12.3 Å². The van der Waals surface area contributed by atoms with Gasteiger partial charge in [-0.05, 0) is 12.1 Å². The molecule has 0 aliphatic rings. The van der Waals surface area contributed by atoms with Crippen molar-refractivity contribution >= 4 is 17.2 Å². The van der Waals surface area contributed by atoms with Gasteiger partial charge >= 0.3 is 0 Å². The van der Waals surface area contributed by atoms with Gasteiger partial charge in [0.25, 0.3) is 0 Å². The first-order valence-electron chi connectivity index (χ1n) is 5.45. The zero-order valence-electron chi connectivity index (χ0n) is 10.2. The second-order valence-corrected chi connectivity index (χ2v) is 4.06.